The molecule has 5 nitrogen and oxygen atoms in total. The van der Waals surface area contributed by atoms with Crippen LogP contribution in [0.1, 0.15) is 18.1 Å². The maximum atomic E-state index is 12.8. The van der Waals surface area contributed by atoms with Gasteiger partial charge in [0, 0.05) is 17.6 Å². The van der Waals surface area contributed by atoms with Crippen LogP contribution in [-0.2, 0) is 4.79 Å². The first kappa shape index (κ1) is 19.7. The maximum absolute atomic E-state index is 12.8. The summed E-state index contributed by atoms with van der Waals surface area (Å²) in [6.45, 7) is 6.85. The molecule has 0 saturated carbocycles. The monoisotopic (exact) mass is 422 g/mol. The lowest BCUT2D eigenvalue weighted by atomic mass is 10.1. The van der Waals surface area contributed by atoms with E-state index in [0.717, 1.165) is 27.1 Å². The molecule has 0 saturated heterocycles. The smallest absolute Gasteiger partial charge is 0.237 e. The fourth-order valence-corrected chi connectivity index (χ4v) is 4.92. The summed E-state index contributed by atoms with van der Waals surface area (Å²) in [7, 11) is 0. The highest BCUT2D eigenvalue weighted by Crippen LogP contribution is 2.31. The van der Waals surface area contributed by atoms with Crippen molar-refractivity contribution in [1.29, 1.82) is 0 Å². The Morgan fingerprint density at radius 1 is 1.10 bits per heavy atom. The number of carbonyl (C=O) groups is 1. The van der Waals surface area contributed by atoms with Crippen LogP contribution in [0.5, 0.6) is 0 Å². The second-order valence-corrected chi connectivity index (χ2v) is 8.56. The van der Waals surface area contributed by atoms with Gasteiger partial charge >= 0.3 is 0 Å². The molecule has 2 heterocycles. The molecule has 0 radical (unpaired) electrons. The van der Waals surface area contributed by atoms with Gasteiger partial charge in [-0.15, -0.1) is 21.5 Å². The molecule has 0 bridgehead atoms. The van der Waals surface area contributed by atoms with Crippen LogP contribution >= 0.6 is 23.1 Å². The first-order valence-corrected chi connectivity index (χ1v) is 11.3. The van der Waals surface area contributed by atoms with E-state index in [-0.39, 0.29) is 5.91 Å². The summed E-state index contributed by atoms with van der Waals surface area (Å²) in [6.07, 6.45) is 0. The molecule has 0 atom stereocenters. The number of amides is 1. The zero-order valence-electron chi connectivity index (χ0n) is 16.6. The number of aryl methyl sites for hydroxylation is 2. The van der Waals surface area contributed by atoms with Crippen molar-refractivity contribution in [2.24, 2.45) is 0 Å². The van der Waals surface area contributed by atoms with Crippen molar-refractivity contribution < 1.29 is 4.79 Å². The van der Waals surface area contributed by atoms with Gasteiger partial charge in [-0.25, -0.2) is 0 Å². The van der Waals surface area contributed by atoms with Gasteiger partial charge in [-0.05, 0) is 55.7 Å². The van der Waals surface area contributed by atoms with Crippen molar-refractivity contribution >= 4 is 39.7 Å². The molecule has 0 aliphatic heterocycles. The number of aromatic nitrogens is 3. The zero-order valence-corrected chi connectivity index (χ0v) is 18.3. The van der Waals surface area contributed by atoms with E-state index in [9.17, 15) is 4.79 Å². The molecule has 2 aromatic carbocycles. The molecular formula is C22H22N4OS2. The Morgan fingerprint density at radius 3 is 2.62 bits per heavy atom. The molecule has 0 aliphatic carbocycles. The maximum Gasteiger partial charge on any atom is 0.237 e. The quantitative estimate of drug-likeness (QED) is 0.400. The van der Waals surface area contributed by atoms with Gasteiger partial charge in [-0.3, -0.25) is 9.20 Å². The Kier molecular flexibility index (Phi) is 5.69. The molecule has 0 unspecified atom stereocenters. The summed E-state index contributed by atoms with van der Waals surface area (Å²) < 4.78 is 2.05. The van der Waals surface area contributed by atoms with Gasteiger partial charge in [0.25, 0.3) is 0 Å². The molecule has 2 aromatic heterocycles. The topological polar surface area (TPSA) is 50.5 Å². The first-order chi connectivity index (χ1) is 14.1. The Bertz CT molecular complexity index is 1150. The van der Waals surface area contributed by atoms with Gasteiger partial charge in [0.15, 0.2) is 5.16 Å². The molecule has 4 rings (SSSR count). The number of anilines is 1. The van der Waals surface area contributed by atoms with Crippen LogP contribution in [0.2, 0.25) is 0 Å². The number of fused-ring (bicyclic) bond motifs is 1. The molecule has 148 valence electrons. The number of thiazole rings is 1. The van der Waals surface area contributed by atoms with Gasteiger partial charge in [0.05, 0.1) is 11.4 Å². The molecule has 0 spiro atoms. The lowest BCUT2D eigenvalue weighted by molar-refractivity contribution is -0.116. The Balaban J connectivity index is 1.58. The van der Waals surface area contributed by atoms with Crippen LogP contribution in [0.25, 0.3) is 16.2 Å². The fraction of sp³-hybridized carbons (Fsp3) is 0.227. The number of hydrogen-bond donors (Lipinski definition) is 0. The minimum atomic E-state index is 0.0587. The van der Waals surface area contributed by atoms with Crippen LogP contribution < -0.4 is 4.90 Å². The highest BCUT2D eigenvalue weighted by molar-refractivity contribution is 7.99. The van der Waals surface area contributed by atoms with E-state index in [1.54, 1.807) is 16.2 Å². The highest BCUT2D eigenvalue weighted by Gasteiger charge is 2.18. The second kappa shape index (κ2) is 8.39. The third-order valence-corrected chi connectivity index (χ3v) is 6.66. The molecule has 29 heavy (non-hydrogen) atoms. The van der Waals surface area contributed by atoms with Gasteiger partial charge < -0.3 is 4.90 Å². The number of hydrogen-bond acceptors (Lipinski definition) is 5. The summed E-state index contributed by atoms with van der Waals surface area (Å²) >= 11 is 2.99. The molecule has 1 amide bonds. The summed E-state index contributed by atoms with van der Waals surface area (Å²) in [4.78, 5) is 15.5. The molecule has 0 aliphatic rings. The number of para-hydroxylation sites is 1. The molecule has 4 aromatic rings. The summed E-state index contributed by atoms with van der Waals surface area (Å²) in [5.74, 6) is 0.370. The lowest BCUT2D eigenvalue weighted by Crippen LogP contribution is -2.32. The van der Waals surface area contributed by atoms with Gasteiger partial charge in [-0.2, -0.15) is 0 Å². The molecule has 0 fully saturated rings. The lowest BCUT2D eigenvalue weighted by Gasteiger charge is -2.20. The van der Waals surface area contributed by atoms with Crippen molar-refractivity contribution in [3.05, 3.63) is 65.0 Å². The van der Waals surface area contributed by atoms with Crippen molar-refractivity contribution in [1.82, 2.24) is 14.6 Å². The van der Waals surface area contributed by atoms with Gasteiger partial charge in [0.2, 0.25) is 10.9 Å². The number of rotatable bonds is 6. The van der Waals surface area contributed by atoms with Crippen molar-refractivity contribution in [3.63, 3.8) is 0 Å². The van der Waals surface area contributed by atoms with E-state index < -0.39 is 0 Å². The van der Waals surface area contributed by atoms with Gasteiger partial charge in [-0.1, -0.05) is 42.1 Å². The summed E-state index contributed by atoms with van der Waals surface area (Å²) in [6, 6.07) is 16.2. The van der Waals surface area contributed by atoms with E-state index in [4.69, 9.17) is 0 Å². The van der Waals surface area contributed by atoms with Crippen LogP contribution in [0.4, 0.5) is 5.69 Å². The van der Waals surface area contributed by atoms with Crippen LogP contribution in [0, 0.1) is 13.8 Å². The number of nitrogens with zero attached hydrogens (tertiary/aromatic N) is 4. The molecule has 7 heteroatoms. The fourth-order valence-electron chi connectivity index (χ4n) is 3.21. The van der Waals surface area contributed by atoms with Gasteiger partial charge in [0.1, 0.15) is 0 Å². The molecule has 0 N–H and O–H groups in total. The van der Waals surface area contributed by atoms with Crippen molar-refractivity contribution in [2.45, 2.75) is 25.9 Å². The molecular weight excluding hydrogens is 400 g/mol. The number of thioether (sulfide) groups is 1. The van der Waals surface area contributed by atoms with Crippen LogP contribution in [-0.4, -0.2) is 32.8 Å². The standard InChI is InChI=1S/C22H22N4OS2/c1-4-25(18-8-6-5-7-9-18)20(27)14-29-22-24-23-21-26(22)19(13-28-21)17-11-10-15(2)16(3)12-17/h5-13H,4,14H2,1-3H3. The van der Waals surface area contributed by atoms with Crippen LogP contribution in [0.15, 0.2) is 59.1 Å². The van der Waals surface area contributed by atoms with Crippen LogP contribution in [0.3, 0.4) is 0 Å². The highest BCUT2D eigenvalue weighted by atomic mass is 32.2. The second-order valence-electron chi connectivity index (χ2n) is 6.78. The minimum Gasteiger partial charge on any atom is -0.312 e. The third kappa shape index (κ3) is 3.93. The average Bonchev–Trinajstić information content (AvgIpc) is 3.32. The van der Waals surface area contributed by atoms with E-state index in [1.165, 1.54) is 22.9 Å². The normalized spacial score (nSPS) is 11.1. The Labute approximate surface area is 178 Å². The number of carbonyl (C=O) groups excluding carboxylic acids is 1. The zero-order chi connectivity index (χ0) is 20.4. The average molecular weight is 423 g/mol. The Morgan fingerprint density at radius 2 is 1.90 bits per heavy atom. The van der Waals surface area contributed by atoms with E-state index in [2.05, 4.69) is 47.6 Å². The summed E-state index contributed by atoms with van der Waals surface area (Å²) in [5.41, 5.74) is 5.62. The number of benzene rings is 2. The van der Waals surface area contributed by atoms with Crippen molar-refractivity contribution in [2.75, 3.05) is 17.2 Å². The third-order valence-electron chi connectivity index (χ3n) is 4.93. The first-order valence-electron chi connectivity index (χ1n) is 9.47. The predicted octanol–water partition coefficient (Wildman–Crippen LogP) is 5.22. The SMILES string of the molecule is CCN(C(=O)CSc1nnc2scc(-c3ccc(C)c(C)c3)n12)c1ccccc1. The van der Waals surface area contributed by atoms with Crippen molar-refractivity contribution in [3.8, 4) is 11.3 Å². The van der Waals surface area contributed by atoms with E-state index in [0.29, 0.717) is 12.3 Å². The summed E-state index contributed by atoms with van der Waals surface area (Å²) in [5, 5.41) is 11.5. The Hall–Kier alpha value is -2.64. The largest absolute Gasteiger partial charge is 0.312 e. The minimum absolute atomic E-state index is 0.0587. The predicted molar refractivity (Wildman–Crippen MR) is 121 cm³/mol. The van der Waals surface area contributed by atoms with E-state index >= 15 is 0 Å². The van der Waals surface area contributed by atoms with E-state index in [1.807, 2.05) is 41.7 Å².